The van der Waals surface area contributed by atoms with Crippen LogP contribution in [0.1, 0.15) is 13.8 Å². The largest absolute Gasteiger partial charge is 0.460 e. The van der Waals surface area contributed by atoms with Gasteiger partial charge >= 0.3 is 5.97 Å². The molecule has 4 heteroatoms. The van der Waals surface area contributed by atoms with Gasteiger partial charge in [-0.1, -0.05) is 6.92 Å². The van der Waals surface area contributed by atoms with Crippen molar-refractivity contribution in [2.45, 2.75) is 20.0 Å². The summed E-state index contributed by atoms with van der Waals surface area (Å²) in [4.78, 5) is 11.1. The molecule has 2 atom stereocenters. The Morgan fingerprint density at radius 1 is 1.50 bits per heavy atom. The smallest absolute Gasteiger partial charge is 0.310 e. The molecule has 0 aromatic carbocycles. The molecule has 0 saturated carbocycles. The number of ether oxygens (including phenoxy) is 2. The molecule has 0 rings (SSSR count). The highest BCUT2D eigenvalue weighted by molar-refractivity contribution is 5.72. The summed E-state index contributed by atoms with van der Waals surface area (Å²) < 4.78 is 9.81. The van der Waals surface area contributed by atoms with Crippen molar-refractivity contribution in [3.05, 3.63) is 0 Å². The second kappa shape index (κ2) is 5.97. The fraction of sp³-hybridized carbons (Fsp3) is 0.875. The van der Waals surface area contributed by atoms with Crippen molar-refractivity contribution in [3.63, 3.8) is 0 Å². The summed E-state index contributed by atoms with van der Waals surface area (Å²) in [6.07, 6.45) is -0.198. The van der Waals surface area contributed by atoms with Crippen molar-refractivity contribution in [1.82, 2.24) is 0 Å². The molecule has 0 heterocycles. The minimum Gasteiger partial charge on any atom is -0.460 e. The zero-order valence-electron chi connectivity index (χ0n) is 7.87. The molecule has 0 saturated heterocycles. The molecule has 0 fully saturated rings. The molecule has 2 unspecified atom stereocenters. The summed E-state index contributed by atoms with van der Waals surface area (Å²) in [5.41, 5.74) is 5.29. The maximum Gasteiger partial charge on any atom is 0.310 e. The average molecular weight is 175 g/mol. The molecule has 4 nitrogen and oxygen atoms in total. The van der Waals surface area contributed by atoms with E-state index in [-0.39, 0.29) is 18.0 Å². The van der Waals surface area contributed by atoms with Gasteiger partial charge < -0.3 is 15.2 Å². The number of carbonyl (C=O) groups excluding carboxylic acids is 1. The molecule has 0 radical (unpaired) electrons. The molecule has 0 amide bonds. The van der Waals surface area contributed by atoms with E-state index in [0.717, 1.165) is 0 Å². The fourth-order valence-corrected chi connectivity index (χ4v) is 0.679. The molecule has 0 aliphatic rings. The van der Waals surface area contributed by atoms with Gasteiger partial charge in [-0.15, -0.1) is 0 Å². The molecule has 0 spiro atoms. The second-order valence-corrected chi connectivity index (χ2v) is 2.84. The molecule has 0 aromatic heterocycles. The van der Waals surface area contributed by atoms with Crippen LogP contribution in [0, 0.1) is 5.92 Å². The van der Waals surface area contributed by atoms with Crippen LogP contribution in [-0.4, -0.2) is 32.3 Å². The Bertz CT molecular complexity index is 138. The summed E-state index contributed by atoms with van der Waals surface area (Å²) in [6, 6.07) is 0. The first-order chi connectivity index (χ1) is 5.61. The third kappa shape index (κ3) is 4.31. The number of carbonyl (C=O) groups is 1. The maximum absolute atomic E-state index is 11.1. The quantitative estimate of drug-likeness (QED) is 0.604. The predicted molar refractivity (Wildman–Crippen MR) is 45.6 cm³/mol. The summed E-state index contributed by atoms with van der Waals surface area (Å²) in [5, 5.41) is 0. The van der Waals surface area contributed by atoms with E-state index in [1.54, 1.807) is 21.0 Å². The van der Waals surface area contributed by atoms with Crippen molar-refractivity contribution in [2.24, 2.45) is 11.7 Å². The van der Waals surface area contributed by atoms with Crippen molar-refractivity contribution >= 4 is 5.97 Å². The van der Waals surface area contributed by atoms with Crippen molar-refractivity contribution < 1.29 is 14.3 Å². The third-order valence-corrected chi connectivity index (χ3v) is 1.47. The van der Waals surface area contributed by atoms with Gasteiger partial charge in [0.2, 0.25) is 0 Å². The highest BCUT2D eigenvalue weighted by Gasteiger charge is 2.15. The van der Waals surface area contributed by atoms with Crippen LogP contribution in [0.15, 0.2) is 0 Å². The lowest BCUT2D eigenvalue weighted by Gasteiger charge is -2.14. The molecular weight excluding hydrogens is 158 g/mol. The van der Waals surface area contributed by atoms with Gasteiger partial charge in [0.25, 0.3) is 0 Å². The summed E-state index contributed by atoms with van der Waals surface area (Å²) in [7, 11) is 1.57. The standard InChI is InChI=1S/C8H17NO3/c1-6(4-9)8(10)12-7(2)5-11-3/h6-7H,4-5,9H2,1-3H3. The molecule has 12 heavy (non-hydrogen) atoms. The van der Waals surface area contributed by atoms with Crippen molar-refractivity contribution in [2.75, 3.05) is 20.3 Å². The van der Waals surface area contributed by atoms with Crippen LogP contribution < -0.4 is 5.73 Å². The predicted octanol–water partition coefficient (Wildman–Crippen LogP) is 0.159. The van der Waals surface area contributed by atoms with Crippen LogP contribution in [0.3, 0.4) is 0 Å². The Morgan fingerprint density at radius 2 is 2.08 bits per heavy atom. The highest BCUT2D eigenvalue weighted by atomic mass is 16.6. The Kier molecular flexibility index (Phi) is 5.66. The van der Waals surface area contributed by atoms with E-state index in [2.05, 4.69) is 0 Å². The molecular formula is C8H17NO3. The number of esters is 1. The van der Waals surface area contributed by atoms with E-state index in [1.165, 1.54) is 0 Å². The average Bonchev–Trinajstić information content (AvgIpc) is 2.03. The van der Waals surface area contributed by atoms with Gasteiger partial charge in [0, 0.05) is 13.7 Å². The van der Waals surface area contributed by atoms with E-state index >= 15 is 0 Å². The SMILES string of the molecule is COCC(C)OC(=O)C(C)CN. The zero-order chi connectivity index (χ0) is 9.56. The van der Waals surface area contributed by atoms with Gasteiger partial charge in [-0.05, 0) is 6.92 Å². The van der Waals surface area contributed by atoms with Gasteiger partial charge in [-0.25, -0.2) is 0 Å². The lowest BCUT2D eigenvalue weighted by molar-refractivity contribution is -0.154. The van der Waals surface area contributed by atoms with Gasteiger partial charge in [0.15, 0.2) is 0 Å². The number of rotatable bonds is 5. The normalized spacial score (nSPS) is 15.3. The Hall–Kier alpha value is -0.610. The van der Waals surface area contributed by atoms with E-state index in [4.69, 9.17) is 15.2 Å². The highest BCUT2D eigenvalue weighted by Crippen LogP contribution is 2.00. The molecule has 2 N–H and O–H groups in total. The zero-order valence-corrected chi connectivity index (χ0v) is 7.87. The number of nitrogens with two attached hydrogens (primary N) is 1. The van der Waals surface area contributed by atoms with Crippen LogP contribution in [0.4, 0.5) is 0 Å². The van der Waals surface area contributed by atoms with E-state index in [0.29, 0.717) is 13.2 Å². The minimum absolute atomic E-state index is 0.198. The number of methoxy groups -OCH3 is 1. The van der Waals surface area contributed by atoms with Crippen LogP contribution >= 0.6 is 0 Å². The van der Waals surface area contributed by atoms with Crippen molar-refractivity contribution in [3.8, 4) is 0 Å². The van der Waals surface area contributed by atoms with Gasteiger partial charge in [-0.3, -0.25) is 4.79 Å². The summed E-state index contributed by atoms with van der Waals surface area (Å²) in [6.45, 7) is 4.26. The van der Waals surface area contributed by atoms with Crippen LogP contribution in [0.2, 0.25) is 0 Å². The lowest BCUT2D eigenvalue weighted by atomic mass is 10.2. The number of hydrogen-bond acceptors (Lipinski definition) is 4. The monoisotopic (exact) mass is 175 g/mol. The van der Waals surface area contributed by atoms with E-state index < -0.39 is 0 Å². The van der Waals surface area contributed by atoms with E-state index in [1.807, 2.05) is 0 Å². The topological polar surface area (TPSA) is 61.5 Å². The first-order valence-electron chi connectivity index (χ1n) is 4.01. The van der Waals surface area contributed by atoms with Gasteiger partial charge in [-0.2, -0.15) is 0 Å². The van der Waals surface area contributed by atoms with E-state index in [9.17, 15) is 4.79 Å². The Labute approximate surface area is 73.0 Å². The van der Waals surface area contributed by atoms with Crippen molar-refractivity contribution in [1.29, 1.82) is 0 Å². The third-order valence-electron chi connectivity index (χ3n) is 1.47. The van der Waals surface area contributed by atoms with Gasteiger partial charge in [0.1, 0.15) is 6.10 Å². The first kappa shape index (κ1) is 11.4. The van der Waals surface area contributed by atoms with Crippen LogP contribution in [-0.2, 0) is 14.3 Å². The maximum atomic E-state index is 11.1. The molecule has 0 aromatic rings. The minimum atomic E-state index is -0.262. The Balaban J connectivity index is 3.67. The van der Waals surface area contributed by atoms with Crippen LogP contribution in [0.5, 0.6) is 0 Å². The molecule has 72 valence electrons. The lowest BCUT2D eigenvalue weighted by Crippen LogP contribution is -2.27. The molecule has 0 aliphatic carbocycles. The van der Waals surface area contributed by atoms with Gasteiger partial charge in [0.05, 0.1) is 12.5 Å². The fourth-order valence-electron chi connectivity index (χ4n) is 0.679. The summed E-state index contributed by atoms with van der Waals surface area (Å²) in [5.74, 6) is -0.494. The summed E-state index contributed by atoms with van der Waals surface area (Å²) >= 11 is 0. The first-order valence-corrected chi connectivity index (χ1v) is 4.01. The molecule has 0 bridgehead atoms. The van der Waals surface area contributed by atoms with Crippen LogP contribution in [0.25, 0.3) is 0 Å². The Morgan fingerprint density at radius 3 is 2.50 bits per heavy atom. The second-order valence-electron chi connectivity index (χ2n) is 2.84. The number of hydrogen-bond donors (Lipinski definition) is 1. The molecule has 0 aliphatic heterocycles.